The van der Waals surface area contributed by atoms with Gasteiger partial charge >= 0.3 is 6.98 Å². The van der Waals surface area contributed by atoms with Gasteiger partial charge in [-0.2, -0.15) is 0 Å². The van der Waals surface area contributed by atoms with E-state index in [1.165, 1.54) is 12.4 Å². The molecule has 16 heavy (non-hydrogen) atoms. The predicted octanol–water partition coefficient (Wildman–Crippen LogP) is 2.94. The Balaban J connectivity index is 2.33. The highest BCUT2D eigenvalue weighted by Crippen LogP contribution is 2.20. The molecule has 0 aliphatic heterocycles. The fraction of sp³-hybridized carbons (Fsp3) is 0.100. The first-order valence-electron chi connectivity index (χ1n) is 4.84. The molecule has 0 amide bonds. The zero-order valence-electron chi connectivity index (χ0n) is 8.35. The van der Waals surface area contributed by atoms with Crippen LogP contribution in [0.4, 0.5) is 12.9 Å². The van der Waals surface area contributed by atoms with Crippen molar-refractivity contribution in [3.05, 3.63) is 42.7 Å². The van der Waals surface area contributed by atoms with Gasteiger partial charge in [-0.15, -0.1) is 0 Å². The summed E-state index contributed by atoms with van der Waals surface area (Å²) in [6, 6.07) is 8.83. The second-order valence-corrected chi connectivity index (χ2v) is 3.48. The van der Waals surface area contributed by atoms with Crippen molar-refractivity contribution in [2.24, 2.45) is 0 Å². The summed E-state index contributed by atoms with van der Waals surface area (Å²) < 4.78 is 38.1. The van der Waals surface area contributed by atoms with Gasteiger partial charge in [0.05, 0.1) is 0 Å². The summed E-state index contributed by atoms with van der Waals surface area (Å²) >= 11 is 0. The molecule has 2 aromatic rings. The van der Waals surface area contributed by atoms with Gasteiger partial charge in [0.2, 0.25) is 0 Å². The average molecular weight is 225 g/mol. The van der Waals surface area contributed by atoms with Crippen molar-refractivity contribution in [2.45, 2.75) is 6.44 Å². The molecule has 0 saturated heterocycles. The zero-order chi connectivity index (χ0) is 11.6. The maximum absolute atomic E-state index is 12.3. The minimum atomic E-state index is -4.85. The molecular weight excluding hydrogens is 216 g/mol. The summed E-state index contributed by atoms with van der Waals surface area (Å²) in [7, 11) is 0. The molecular formula is C10H9BF3N2-. The molecule has 1 heterocycles. The van der Waals surface area contributed by atoms with Crippen molar-refractivity contribution < 1.29 is 12.9 Å². The molecule has 0 radical (unpaired) electrons. The summed E-state index contributed by atoms with van der Waals surface area (Å²) in [5.74, 6) is 0.347. The van der Waals surface area contributed by atoms with Gasteiger partial charge in [0.25, 0.3) is 0 Å². The van der Waals surface area contributed by atoms with Gasteiger partial charge in [0.15, 0.2) is 0 Å². The number of halogens is 3. The minimum Gasteiger partial charge on any atom is -0.448 e. The van der Waals surface area contributed by atoms with Crippen LogP contribution in [0.2, 0.25) is 0 Å². The lowest BCUT2D eigenvalue weighted by Crippen LogP contribution is -2.24. The quantitative estimate of drug-likeness (QED) is 0.734. The summed E-state index contributed by atoms with van der Waals surface area (Å²) in [6.07, 6.45) is 1.77. The number of hydrogen-bond acceptors (Lipinski definition) is 1. The van der Waals surface area contributed by atoms with E-state index in [4.69, 9.17) is 0 Å². The number of aromatic nitrogens is 2. The Morgan fingerprint density at radius 2 is 1.81 bits per heavy atom. The van der Waals surface area contributed by atoms with Crippen LogP contribution < -0.4 is 0 Å². The first-order valence-corrected chi connectivity index (χ1v) is 4.84. The number of hydrogen-bond donors (Lipinski definition) is 0. The summed E-state index contributed by atoms with van der Waals surface area (Å²) in [4.78, 5) is 3.94. The van der Waals surface area contributed by atoms with Crippen molar-refractivity contribution >= 4 is 6.98 Å². The smallest absolute Gasteiger partial charge is 0.448 e. The van der Waals surface area contributed by atoms with Crippen molar-refractivity contribution in [1.82, 2.24) is 9.55 Å². The monoisotopic (exact) mass is 225 g/mol. The molecule has 84 valence electrons. The van der Waals surface area contributed by atoms with Crippen LogP contribution in [-0.4, -0.2) is 16.5 Å². The second-order valence-electron chi connectivity index (χ2n) is 3.48. The van der Waals surface area contributed by atoms with Gasteiger partial charge < -0.3 is 17.5 Å². The van der Waals surface area contributed by atoms with Crippen LogP contribution in [0, 0.1) is 0 Å². The van der Waals surface area contributed by atoms with Gasteiger partial charge in [0, 0.05) is 18.0 Å². The molecule has 0 aliphatic carbocycles. The van der Waals surface area contributed by atoms with Crippen LogP contribution in [0.3, 0.4) is 0 Å². The highest BCUT2D eigenvalue weighted by atomic mass is 19.4. The molecule has 0 bridgehead atoms. The second kappa shape index (κ2) is 4.04. The number of benzene rings is 1. The Kier molecular flexibility index (Phi) is 2.72. The molecule has 1 aromatic heterocycles. The summed E-state index contributed by atoms with van der Waals surface area (Å²) in [5.41, 5.74) is 0.688. The van der Waals surface area contributed by atoms with E-state index in [0.29, 0.717) is 11.4 Å². The Morgan fingerprint density at radius 3 is 2.44 bits per heavy atom. The number of nitrogens with zero attached hydrogens (tertiary/aromatic N) is 2. The molecule has 6 heteroatoms. The van der Waals surface area contributed by atoms with Crippen LogP contribution in [0.1, 0.15) is 0 Å². The average Bonchev–Trinajstić information content (AvgIpc) is 2.64. The standard InChI is InChI=1S/C10H9BF3N2/c12-11(13,14)8-16-7-6-15-10(16)9-4-2-1-3-5-9/h1-7H,8H2/q-1. The van der Waals surface area contributed by atoms with Crippen molar-refractivity contribution in [1.29, 1.82) is 0 Å². The highest BCUT2D eigenvalue weighted by Gasteiger charge is 2.24. The summed E-state index contributed by atoms with van der Waals surface area (Å²) in [5, 5.41) is 0. The van der Waals surface area contributed by atoms with Gasteiger partial charge in [-0.3, -0.25) is 0 Å². The fourth-order valence-electron chi connectivity index (χ4n) is 1.53. The Hall–Kier alpha value is -1.72. The minimum absolute atomic E-state index is 0.347. The topological polar surface area (TPSA) is 17.8 Å². The van der Waals surface area contributed by atoms with E-state index in [0.717, 1.165) is 4.57 Å². The van der Waals surface area contributed by atoms with Crippen LogP contribution in [0.25, 0.3) is 11.4 Å². The molecule has 2 nitrogen and oxygen atoms in total. The van der Waals surface area contributed by atoms with E-state index < -0.39 is 13.4 Å². The lowest BCUT2D eigenvalue weighted by Gasteiger charge is -2.16. The maximum Gasteiger partial charge on any atom is 0.497 e. The van der Waals surface area contributed by atoms with Crippen molar-refractivity contribution in [3.63, 3.8) is 0 Å². The van der Waals surface area contributed by atoms with Gasteiger partial charge in [-0.1, -0.05) is 30.3 Å². The third-order valence-electron chi connectivity index (χ3n) is 2.15. The molecule has 0 spiro atoms. The highest BCUT2D eigenvalue weighted by molar-refractivity contribution is 6.57. The molecule has 0 saturated carbocycles. The van der Waals surface area contributed by atoms with E-state index in [2.05, 4.69) is 4.98 Å². The Morgan fingerprint density at radius 1 is 1.12 bits per heavy atom. The molecule has 0 atom stereocenters. The van der Waals surface area contributed by atoms with E-state index in [9.17, 15) is 12.9 Å². The Bertz CT molecular complexity index is 464. The van der Waals surface area contributed by atoms with Crippen LogP contribution in [0.5, 0.6) is 0 Å². The molecule has 0 aliphatic rings. The maximum atomic E-state index is 12.3. The fourth-order valence-corrected chi connectivity index (χ4v) is 1.53. The third-order valence-corrected chi connectivity index (χ3v) is 2.15. The van der Waals surface area contributed by atoms with Crippen molar-refractivity contribution in [2.75, 3.05) is 0 Å². The zero-order valence-corrected chi connectivity index (χ0v) is 8.35. The molecule has 2 rings (SSSR count). The van der Waals surface area contributed by atoms with Gasteiger partial charge in [-0.05, 0) is 6.44 Å². The SMILES string of the molecule is F[B-](F)(F)Cn1ccnc1-c1ccccc1. The lowest BCUT2D eigenvalue weighted by molar-refractivity contribution is 0.446. The molecule has 1 aromatic carbocycles. The van der Waals surface area contributed by atoms with Gasteiger partial charge in [0.1, 0.15) is 5.82 Å². The van der Waals surface area contributed by atoms with E-state index in [1.807, 2.05) is 6.07 Å². The van der Waals surface area contributed by atoms with Crippen LogP contribution in [-0.2, 0) is 6.44 Å². The largest absolute Gasteiger partial charge is 0.497 e. The first kappa shape index (κ1) is 10.8. The predicted molar refractivity (Wildman–Crippen MR) is 56.7 cm³/mol. The molecule has 0 unspecified atom stereocenters. The number of rotatable bonds is 3. The molecule has 0 fully saturated rings. The third kappa shape index (κ3) is 2.45. The van der Waals surface area contributed by atoms with E-state index in [1.54, 1.807) is 24.3 Å². The van der Waals surface area contributed by atoms with Gasteiger partial charge in [-0.25, -0.2) is 4.98 Å². The molecule has 0 N–H and O–H groups in total. The van der Waals surface area contributed by atoms with Crippen molar-refractivity contribution in [3.8, 4) is 11.4 Å². The number of imidazole rings is 1. The van der Waals surface area contributed by atoms with Crippen LogP contribution in [0.15, 0.2) is 42.7 Å². The van der Waals surface area contributed by atoms with E-state index in [-0.39, 0.29) is 0 Å². The lowest BCUT2D eigenvalue weighted by atomic mass is 9.92. The Labute approximate surface area is 90.8 Å². The van der Waals surface area contributed by atoms with E-state index >= 15 is 0 Å². The van der Waals surface area contributed by atoms with Crippen LogP contribution >= 0.6 is 0 Å². The summed E-state index contributed by atoms with van der Waals surface area (Å²) in [6.45, 7) is -4.85. The normalized spacial score (nSPS) is 11.7. The first-order chi connectivity index (χ1) is 7.56.